The molecule has 0 amide bonds. The van der Waals surface area contributed by atoms with Crippen LogP contribution in [-0.4, -0.2) is 124 Å². The van der Waals surface area contributed by atoms with Gasteiger partial charge in [0.15, 0.2) is 47.0 Å². The topological polar surface area (TPSA) is 300 Å². The van der Waals surface area contributed by atoms with E-state index >= 15 is 0 Å². The summed E-state index contributed by atoms with van der Waals surface area (Å²) >= 11 is 2.15. The summed E-state index contributed by atoms with van der Waals surface area (Å²) < 4.78 is 127. The molecule has 12 rings (SSSR count). The van der Waals surface area contributed by atoms with E-state index in [0.29, 0.717) is 119 Å². The van der Waals surface area contributed by atoms with E-state index in [1.54, 1.807) is 152 Å². The average Bonchev–Trinajstić information content (AvgIpc) is 0.792. The Kier molecular flexibility index (Phi) is 26.9. The highest BCUT2D eigenvalue weighted by Gasteiger charge is 2.25. The van der Waals surface area contributed by atoms with Crippen molar-refractivity contribution in [2.75, 3.05) is 95.4 Å². The number of hydrogen-bond donors (Lipinski definition) is 4. The summed E-state index contributed by atoms with van der Waals surface area (Å²) in [5.41, 5.74) is 14.5. The highest BCUT2D eigenvalue weighted by atomic mass is 127. The number of para-hydroxylation sites is 6. The van der Waals surface area contributed by atoms with E-state index in [0.717, 1.165) is 17.7 Å². The van der Waals surface area contributed by atoms with Crippen molar-refractivity contribution in [2.45, 2.75) is 45.3 Å². The molecule has 0 spiro atoms. The highest BCUT2D eigenvalue weighted by molar-refractivity contribution is 14.1. The quantitative estimate of drug-likeness (QED) is 0.0263. The first-order valence-electron chi connectivity index (χ1n) is 32.1. The number of alkyl halides is 2. The van der Waals surface area contributed by atoms with Crippen LogP contribution >= 0.6 is 22.6 Å². The first kappa shape index (κ1) is 76.5. The Hall–Kier alpha value is -10.7. The van der Waals surface area contributed by atoms with Crippen LogP contribution in [0.25, 0.3) is 33.1 Å². The molecule has 538 valence electrons. The number of rotatable bonds is 23. The molecular formula is C75H79FIN11O12S3. The third-order valence-electron chi connectivity index (χ3n) is 15.3. The zero-order chi connectivity index (χ0) is 75.1. The molecule has 9 aromatic carbocycles. The molecule has 5 N–H and O–H groups in total. The van der Waals surface area contributed by atoms with Gasteiger partial charge in [0.2, 0.25) is 0 Å². The normalized spacial score (nSPS) is 11.1. The number of anilines is 8. The van der Waals surface area contributed by atoms with Crippen molar-refractivity contribution in [3.63, 3.8) is 0 Å². The Morgan fingerprint density at radius 3 is 0.981 bits per heavy atom. The van der Waals surface area contributed by atoms with Crippen molar-refractivity contribution in [3.05, 3.63) is 223 Å². The van der Waals surface area contributed by atoms with Crippen LogP contribution in [-0.2, 0) is 53.2 Å². The summed E-state index contributed by atoms with van der Waals surface area (Å²) in [6.45, 7) is 1.99. The molecule has 3 aromatic heterocycles. The van der Waals surface area contributed by atoms with Gasteiger partial charge in [0.1, 0.15) is 51.8 Å². The number of nitrogen functional groups attached to an aromatic ring is 1. The fourth-order valence-electron chi connectivity index (χ4n) is 10.2. The summed E-state index contributed by atoms with van der Waals surface area (Å²) in [5.74, 6) is 3.60. The molecule has 12 aromatic rings. The molecule has 28 heteroatoms. The third kappa shape index (κ3) is 20.8. The first-order chi connectivity index (χ1) is 50.0. The maximum Gasteiger partial charge on any atom is 0.184 e. The molecule has 0 atom stereocenters. The van der Waals surface area contributed by atoms with Crippen LogP contribution in [0.5, 0.6) is 34.5 Å². The number of sulfone groups is 3. The molecule has 0 fully saturated rings. The van der Waals surface area contributed by atoms with Gasteiger partial charge in [-0.15, -0.1) is 0 Å². The summed E-state index contributed by atoms with van der Waals surface area (Å²) in [6, 6.07) is 57.9. The predicted molar refractivity (Wildman–Crippen MR) is 414 cm³/mol. The maximum atomic E-state index is 13.4. The van der Waals surface area contributed by atoms with Crippen molar-refractivity contribution in [1.82, 2.24) is 29.9 Å². The fourth-order valence-corrected chi connectivity index (χ4v) is 14.2. The van der Waals surface area contributed by atoms with Crippen molar-refractivity contribution in [1.29, 1.82) is 0 Å². The van der Waals surface area contributed by atoms with Gasteiger partial charge in [0.25, 0.3) is 0 Å². The predicted octanol–water partition coefficient (Wildman–Crippen LogP) is 14.9. The summed E-state index contributed by atoms with van der Waals surface area (Å²) in [4.78, 5) is 32.3. The van der Waals surface area contributed by atoms with Crippen molar-refractivity contribution in [2.24, 2.45) is 0 Å². The average molecular weight is 1570 g/mol. The third-order valence-corrected chi connectivity index (χ3v) is 20.2. The van der Waals surface area contributed by atoms with E-state index in [-0.39, 0.29) is 37.6 Å². The molecule has 0 bridgehead atoms. The lowest BCUT2D eigenvalue weighted by molar-refractivity contribution is 0.394. The van der Waals surface area contributed by atoms with Gasteiger partial charge in [0.05, 0.1) is 116 Å². The van der Waals surface area contributed by atoms with Gasteiger partial charge in [-0.3, -0.25) is 4.39 Å². The van der Waals surface area contributed by atoms with E-state index in [1.807, 2.05) is 110 Å². The van der Waals surface area contributed by atoms with Crippen LogP contribution in [0.1, 0.15) is 30.9 Å². The number of halogens is 2. The van der Waals surface area contributed by atoms with Crippen molar-refractivity contribution >= 4 is 131 Å². The zero-order valence-corrected chi connectivity index (χ0v) is 62.8. The number of hydrogen-bond acceptors (Lipinski definition) is 23. The molecule has 3 heterocycles. The smallest absolute Gasteiger partial charge is 0.184 e. The maximum absolute atomic E-state index is 13.4. The second-order valence-corrected chi connectivity index (χ2v) is 28.4. The van der Waals surface area contributed by atoms with E-state index < -0.39 is 36.7 Å². The number of aromatic nitrogens is 6. The van der Waals surface area contributed by atoms with E-state index in [2.05, 4.69) is 68.4 Å². The summed E-state index contributed by atoms with van der Waals surface area (Å²) in [6.07, 6.45) is 0.754. The number of nitrogens with zero attached hydrogens (tertiary/aromatic N) is 7. The number of methoxy groups -OCH3 is 6. The second kappa shape index (κ2) is 36.3. The molecule has 0 saturated heterocycles. The van der Waals surface area contributed by atoms with Crippen LogP contribution in [0.3, 0.4) is 0 Å². The standard InChI is InChI=1S/C25H26N4O4S.C25H25N3O4S.C23H22N4O4S.CH3F.CH3I/c1-29(2)18-8-7-9-21(14-18)34(30,31)16-24-25(28-23-11-6-5-10-22(23)27-24)26-17-12-19(32-3)15-20(13-17)33-4;1-4-17-8-7-9-21(12-17)33(29,30)16-24-25(28-23-11-6-5-10-22(23)27-24)26-18-13-19(31-2)15-20(14-18)32-3;1-30-17-11-16(12-18(13-17)31-2)25-23-22(26-20-8-3-4-9-21(20)27-23)14-32(28,29)19-7-5-6-15(24)10-19;2*1-2/h5-15H,16H2,1-4H3,(H,26,28);5-15H,4,16H2,1-3H3,(H,26,28);3-13H,14,24H2,1-2H3,(H,25,27);2*1H3/i;;;1D;. The molecule has 0 aliphatic heterocycles. The second-order valence-electron chi connectivity index (χ2n) is 22.4. The minimum atomic E-state index is -3.72. The zero-order valence-electron chi connectivity index (χ0n) is 59.2. The lowest BCUT2D eigenvalue weighted by Gasteiger charge is -2.15. The Bertz CT molecular complexity index is 5240. The van der Waals surface area contributed by atoms with Crippen LogP contribution < -0.4 is 55.0 Å². The van der Waals surface area contributed by atoms with Gasteiger partial charge < -0.3 is 55.0 Å². The minimum Gasteiger partial charge on any atom is -0.497 e. The minimum absolute atomic E-state index is 0.126. The molecule has 23 nitrogen and oxygen atoms in total. The summed E-state index contributed by atoms with van der Waals surface area (Å²) in [5, 5.41) is 9.60. The van der Waals surface area contributed by atoms with Gasteiger partial charge in [-0.25, -0.2) is 55.2 Å². The lowest BCUT2D eigenvalue weighted by atomic mass is 10.2. The highest BCUT2D eigenvalue weighted by Crippen LogP contribution is 2.35. The van der Waals surface area contributed by atoms with Gasteiger partial charge in [-0.1, -0.05) is 90.2 Å². The van der Waals surface area contributed by atoms with Gasteiger partial charge in [0, 0.05) is 97.1 Å². The van der Waals surface area contributed by atoms with Crippen LogP contribution in [0.4, 0.5) is 50.3 Å². The van der Waals surface area contributed by atoms with Crippen LogP contribution in [0.2, 0.25) is 0 Å². The number of nitrogens with two attached hydrogens (primary N) is 1. The van der Waals surface area contributed by atoms with E-state index in [4.69, 9.17) is 35.5 Å². The molecule has 0 radical (unpaired) electrons. The molecular weight excluding hydrogens is 1490 g/mol. The molecule has 0 aliphatic rings. The first-order valence-corrected chi connectivity index (χ1v) is 38.5. The molecule has 103 heavy (non-hydrogen) atoms. The van der Waals surface area contributed by atoms with E-state index in [9.17, 15) is 29.6 Å². The Morgan fingerprint density at radius 2 is 0.689 bits per heavy atom. The number of benzene rings is 9. The van der Waals surface area contributed by atoms with Crippen molar-refractivity contribution in [3.8, 4) is 34.5 Å². The van der Waals surface area contributed by atoms with Crippen LogP contribution in [0, 0.1) is 0 Å². The number of ether oxygens (including phenoxy) is 6. The number of nitrogens with one attached hydrogen (secondary N) is 3. The Morgan fingerprint density at radius 1 is 0.408 bits per heavy atom. The van der Waals surface area contributed by atoms with Crippen molar-refractivity contribution < 1.29 is 59.4 Å². The molecule has 0 unspecified atom stereocenters. The number of aryl methyl sites for hydroxylation is 1. The van der Waals surface area contributed by atoms with E-state index in [1.165, 1.54) is 12.1 Å². The Labute approximate surface area is 614 Å². The molecule has 0 saturated carbocycles. The Balaban J connectivity index is 0.000000191. The number of fused-ring (bicyclic) bond motifs is 3. The van der Waals surface area contributed by atoms with Crippen LogP contribution in [0.15, 0.2) is 215 Å². The van der Waals surface area contributed by atoms with Gasteiger partial charge in [-0.05, 0) is 102 Å². The monoisotopic (exact) mass is 1570 g/mol. The lowest BCUT2D eigenvalue weighted by Crippen LogP contribution is -2.12. The fraction of sp³-hybridized carbons (Fsp3) is 0.200. The molecule has 0 aliphatic carbocycles. The van der Waals surface area contributed by atoms with Gasteiger partial charge in [-0.2, -0.15) is 0 Å². The largest absolute Gasteiger partial charge is 0.497 e. The summed E-state index contributed by atoms with van der Waals surface area (Å²) in [7, 11) is 1.04. The van der Waals surface area contributed by atoms with Gasteiger partial charge >= 0.3 is 0 Å². The SMILES string of the molecule is CCc1cccc(S(=O)(=O)Cc2nc3ccccc3nc2Nc2cc(OC)cc(OC)c2)c1.CI.COc1cc(Nc2nc3ccccc3nc2CS(=O)(=O)c2cccc(N(C)C)c2)cc(OC)c1.COc1cc(Nc2nc3ccccc3nc2CS(=O)(=O)c2cccc(N)c2)cc(OC)c1.[2H]CF.